The molecule has 0 spiro atoms. The van der Waals surface area contributed by atoms with E-state index in [4.69, 9.17) is 23.2 Å². The molecule has 1 atom stereocenters. The van der Waals surface area contributed by atoms with Crippen LogP contribution in [-0.2, 0) is 14.4 Å². The lowest BCUT2D eigenvalue weighted by Crippen LogP contribution is -2.55. The molecular weight excluding hydrogens is 329 g/mol. The lowest BCUT2D eigenvalue weighted by Gasteiger charge is -2.36. The standard InChI is InChI=1S/C14H21Cl2N3O3/c1-9(2)17-10(20)11(21)18-4-6-19(7-5-18)12(22)13(3)8-14(13,15)16/h9H,4-8H2,1-3H3,(H,17,20). The molecule has 1 saturated heterocycles. The summed E-state index contributed by atoms with van der Waals surface area (Å²) >= 11 is 12.1. The number of halogens is 2. The summed E-state index contributed by atoms with van der Waals surface area (Å²) in [5.74, 6) is -1.25. The lowest BCUT2D eigenvalue weighted by atomic mass is 10.1. The second-order valence-corrected chi connectivity index (χ2v) is 7.91. The largest absolute Gasteiger partial charge is 0.346 e. The highest BCUT2D eigenvalue weighted by atomic mass is 35.5. The van der Waals surface area contributed by atoms with Crippen LogP contribution in [0.25, 0.3) is 0 Å². The molecule has 2 aliphatic rings. The highest BCUT2D eigenvalue weighted by Crippen LogP contribution is 2.64. The number of hydrogen-bond donors (Lipinski definition) is 1. The van der Waals surface area contributed by atoms with Gasteiger partial charge in [0.2, 0.25) is 5.91 Å². The molecule has 0 bridgehead atoms. The van der Waals surface area contributed by atoms with Gasteiger partial charge in [0.25, 0.3) is 0 Å². The van der Waals surface area contributed by atoms with Crippen LogP contribution in [-0.4, -0.2) is 64.1 Å². The lowest BCUT2D eigenvalue weighted by molar-refractivity contribution is -0.149. The van der Waals surface area contributed by atoms with Crippen molar-refractivity contribution in [3.8, 4) is 0 Å². The number of hydrogen-bond acceptors (Lipinski definition) is 3. The third-order valence-electron chi connectivity index (χ3n) is 4.20. The van der Waals surface area contributed by atoms with Gasteiger partial charge in [-0.3, -0.25) is 14.4 Å². The molecule has 3 amide bonds. The topological polar surface area (TPSA) is 69.7 Å². The van der Waals surface area contributed by atoms with Crippen LogP contribution in [0.1, 0.15) is 27.2 Å². The van der Waals surface area contributed by atoms with Crippen molar-refractivity contribution in [3.63, 3.8) is 0 Å². The van der Waals surface area contributed by atoms with Crippen LogP contribution in [0, 0.1) is 5.41 Å². The average Bonchev–Trinajstić information content (AvgIpc) is 2.96. The van der Waals surface area contributed by atoms with E-state index in [-0.39, 0.29) is 11.9 Å². The molecule has 1 saturated carbocycles. The minimum Gasteiger partial charge on any atom is -0.346 e. The smallest absolute Gasteiger partial charge is 0.312 e. The summed E-state index contributed by atoms with van der Waals surface area (Å²) in [6, 6.07) is -0.0882. The fourth-order valence-corrected chi connectivity index (χ4v) is 3.26. The number of rotatable bonds is 2. The van der Waals surface area contributed by atoms with Crippen LogP contribution >= 0.6 is 23.2 Å². The molecule has 8 heteroatoms. The van der Waals surface area contributed by atoms with Gasteiger partial charge < -0.3 is 15.1 Å². The zero-order valence-electron chi connectivity index (χ0n) is 13.0. The van der Waals surface area contributed by atoms with Crippen molar-refractivity contribution in [3.05, 3.63) is 0 Å². The van der Waals surface area contributed by atoms with Crippen molar-refractivity contribution >= 4 is 40.9 Å². The fraction of sp³-hybridized carbons (Fsp3) is 0.786. The van der Waals surface area contributed by atoms with E-state index in [0.717, 1.165) is 0 Å². The number of nitrogens with one attached hydrogen (secondary N) is 1. The summed E-state index contributed by atoms with van der Waals surface area (Å²) in [5, 5.41) is 2.57. The maximum absolute atomic E-state index is 12.4. The Balaban J connectivity index is 1.87. The van der Waals surface area contributed by atoms with Gasteiger partial charge in [0.05, 0.1) is 5.41 Å². The summed E-state index contributed by atoms with van der Waals surface area (Å²) in [6.45, 7) is 6.79. The van der Waals surface area contributed by atoms with E-state index >= 15 is 0 Å². The van der Waals surface area contributed by atoms with Crippen LogP contribution in [0.2, 0.25) is 0 Å². The first kappa shape index (κ1) is 17.3. The molecule has 0 aromatic heterocycles. The highest BCUT2D eigenvalue weighted by Gasteiger charge is 2.68. The maximum Gasteiger partial charge on any atom is 0.312 e. The molecule has 1 aliphatic heterocycles. The maximum atomic E-state index is 12.4. The van der Waals surface area contributed by atoms with E-state index in [9.17, 15) is 14.4 Å². The second kappa shape index (κ2) is 5.89. The predicted molar refractivity (Wildman–Crippen MR) is 83.6 cm³/mol. The first-order valence-electron chi connectivity index (χ1n) is 7.35. The van der Waals surface area contributed by atoms with Gasteiger partial charge in [-0.1, -0.05) is 0 Å². The minimum atomic E-state index is -0.992. The van der Waals surface area contributed by atoms with Crippen LogP contribution in [0.3, 0.4) is 0 Å². The monoisotopic (exact) mass is 349 g/mol. The molecule has 1 heterocycles. The first-order chi connectivity index (χ1) is 10.1. The van der Waals surface area contributed by atoms with E-state index in [1.165, 1.54) is 4.90 Å². The SMILES string of the molecule is CC(C)NC(=O)C(=O)N1CCN(C(=O)C2(C)CC2(Cl)Cl)CC1. The van der Waals surface area contributed by atoms with Gasteiger partial charge in [-0.2, -0.15) is 0 Å². The van der Waals surface area contributed by atoms with Gasteiger partial charge in [-0.25, -0.2) is 0 Å². The third kappa shape index (κ3) is 3.18. The van der Waals surface area contributed by atoms with Gasteiger partial charge in [0.1, 0.15) is 4.33 Å². The van der Waals surface area contributed by atoms with E-state index in [1.54, 1.807) is 25.7 Å². The van der Waals surface area contributed by atoms with Crippen molar-refractivity contribution in [1.29, 1.82) is 0 Å². The average molecular weight is 350 g/mol. The highest BCUT2D eigenvalue weighted by molar-refractivity contribution is 6.53. The summed E-state index contributed by atoms with van der Waals surface area (Å²) < 4.78 is -0.992. The predicted octanol–water partition coefficient (Wildman–Crippen LogP) is 0.766. The van der Waals surface area contributed by atoms with Gasteiger partial charge in [0, 0.05) is 32.2 Å². The molecule has 124 valence electrons. The molecule has 2 fully saturated rings. The van der Waals surface area contributed by atoms with Crippen LogP contribution in [0.5, 0.6) is 0 Å². The Morgan fingerprint density at radius 1 is 1.05 bits per heavy atom. The fourth-order valence-electron chi connectivity index (χ4n) is 2.56. The summed E-state index contributed by atoms with van der Waals surface area (Å²) in [6.07, 6.45) is 0.442. The Morgan fingerprint density at radius 3 is 1.91 bits per heavy atom. The molecule has 1 N–H and O–H groups in total. The number of carbonyl (C=O) groups is 3. The van der Waals surface area contributed by atoms with Crippen molar-refractivity contribution in [2.45, 2.75) is 37.6 Å². The molecule has 1 unspecified atom stereocenters. The summed E-state index contributed by atoms with van der Waals surface area (Å²) in [5.41, 5.74) is -0.739. The zero-order valence-corrected chi connectivity index (χ0v) is 14.5. The number of amides is 3. The van der Waals surface area contributed by atoms with Crippen LogP contribution in [0.15, 0.2) is 0 Å². The number of piperazine rings is 1. The van der Waals surface area contributed by atoms with E-state index in [1.807, 2.05) is 0 Å². The van der Waals surface area contributed by atoms with Crippen molar-refractivity contribution in [2.75, 3.05) is 26.2 Å². The Labute approximate surface area is 140 Å². The number of alkyl halides is 2. The molecule has 6 nitrogen and oxygen atoms in total. The molecular formula is C14H21Cl2N3O3. The quantitative estimate of drug-likeness (QED) is 0.591. The molecule has 1 aliphatic carbocycles. The molecule has 0 radical (unpaired) electrons. The Hall–Kier alpha value is -1.01. The van der Waals surface area contributed by atoms with Gasteiger partial charge in [-0.05, 0) is 27.2 Å². The molecule has 22 heavy (non-hydrogen) atoms. The summed E-state index contributed by atoms with van der Waals surface area (Å²) in [7, 11) is 0. The minimum absolute atomic E-state index is 0.0868. The van der Waals surface area contributed by atoms with E-state index in [2.05, 4.69) is 5.32 Å². The van der Waals surface area contributed by atoms with Gasteiger partial charge >= 0.3 is 11.8 Å². The van der Waals surface area contributed by atoms with Gasteiger partial charge in [0.15, 0.2) is 0 Å². The van der Waals surface area contributed by atoms with Crippen molar-refractivity contribution < 1.29 is 14.4 Å². The number of nitrogens with zero attached hydrogens (tertiary/aromatic N) is 2. The van der Waals surface area contributed by atoms with Gasteiger partial charge in [-0.15, -0.1) is 23.2 Å². The van der Waals surface area contributed by atoms with E-state index < -0.39 is 21.6 Å². The first-order valence-corrected chi connectivity index (χ1v) is 8.11. The molecule has 0 aromatic carbocycles. The normalized spacial score (nSPS) is 26.8. The van der Waals surface area contributed by atoms with Crippen LogP contribution in [0.4, 0.5) is 0 Å². The van der Waals surface area contributed by atoms with E-state index in [0.29, 0.717) is 32.6 Å². The molecule has 0 aromatic rings. The summed E-state index contributed by atoms with van der Waals surface area (Å²) in [4.78, 5) is 39.3. The number of carbonyl (C=O) groups excluding carboxylic acids is 3. The van der Waals surface area contributed by atoms with Crippen molar-refractivity contribution in [2.24, 2.45) is 5.41 Å². The molecule has 2 rings (SSSR count). The Morgan fingerprint density at radius 2 is 1.50 bits per heavy atom. The second-order valence-electron chi connectivity index (χ2n) is 6.43. The Kier molecular flexibility index (Phi) is 4.64. The third-order valence-corrected chi connectivity index (χ3v) is 5.30. The Bertz CT molecular complexity index is 502. The van der Waals surface area contributed by atoms with Crippen molar-refractivity contribution in [1.82, 2.24) is 15.1 Å². The zero-order chi connectivity index (χ0) is 16.7. The van der Waals surface area contributed by atoms with Crippen LogP contribution < -0.4 is 5.32 Å².